The fourth-order valence-corrected chi connectivity index (χ4v) is 2.50. The van der Waals surface area contributed by atoms with Gasteiger partial charge in [-0.3, -0.25) is 9.59 Å². The molecule has 24 heavy (non-hydrogen) atoms. The number of carbonyl (C=O) groups is 2. The van der Waals surface area contributed by atoms with E-state index in [-0.39, 0.29) is 23.9 Å². The predicted molar refractivity (Wildman–Crippen MR) is 98.4 cm³/mol. The average molecular weight is 326 g/mol. The summed E-state index contributed by atoms with van der Waals surface area (Å²) in [7, 11) is 0. The highest BCUT2D eigenvalue weighted by Gasteiger charge is 2.17. The van der Waals surface area contributed by atoms with Crippen LogP contribution in [0.25, 0.3) is 10.8 Å². The van der Waals surface area contributed by atoms with Gasteiger partial charge >= 0.3 is 0 Å². The van der Waals surface area contributed by atoms with Gasteiger partial charge in [-0.2, -0.15) is 0 Å². The number of rotatable bonds is 6. The van der Waals surface area contributed by atoms with Crippen molar-refractivity contribution in [2.75, 3.05) is 0 Å². The first-order valence-electron chi connectivity index (χ1n) is 8.61. The Bertz CT molecular complexity index is 677. The molecule has 2 amide bonds. The zero-order chi connectivity index (χ0) is 17.7. The van der Waals surface area contributed by atoms with Gasteiger partial charge in [-0.25, -0.2) is 0 Å². The van der Waals surface area contributed by atoms with E-state index < -0.39 is 0 Å². The second kappa shape index (κ2) is 7.95. The third-order valence-electron chi connectivity index (χ3n) is 4.39. The molecule has 0 aliphatic carbocycles. The van der Waals surface area contributed by atoms with E-state index in [1.54, 1.807) is 12.1 Å². The second-order valence-corrected chi connectivity index (χ2v) is 6.27. The van der Waals surface area contributed by atoms with E-state index in [4.69, 9.17) is 0 Å². The van der Waals surface area contributed by atoms with E-state index >= 15 is 0 Å². The van der Waals surface area contributed by atoms with Crippen LogP contribution in [0.1, 0.15) is 61.3 Å². The standard InChI is InChI=1S/C20H26N2O2/c1-5-13(3)21-19(23)17-11-12-18(20(24)22-14(4)6-2)16-10-8-7-9-15(16)17/h7-14H,5-6H2,1-4H3,(H,21,23)(H,22,24). The first kappa shape index (κ1) is 18.0. The van der Waals surface area contributed by atoms with Crippen molar-refractivity contribution < 1.29 is 9.59 Å². The second-order valence-electron chi connectivity index (χ2n) is 6.27. The van der Waals surface area contributed by atoms with Crippen molar-refractivity contribution in [2.24, 2.45) is 0 Å². The van der Waals surface area contributed by atoms with E-state index in [2.05, 4.69) is 10.6 Å². The molecule has 2 unspecified atom stereocenters. The molecule has 0 radical (unpaired) electrons. The predicted octanol–water partition coefficient (Wildman–Crippen LogP) is 3.90. The summed E-state index contributed by atoms with van der Waals surface area (Å²) in [5, 5.41) is 7.58. The molecule has 0 heterocycles. The van der Waals surface area contributed by atoms with Crippen LogP contribution in [-0.2, 0) is 0 Å². The van der Waals surface area contributed by atoms with Crippen molar-refractivity contribution >= 4 is 22.6 Å². The molecule has 4 nitrogen and oxygen atoms in total. The fraction of sp³-hybridized carbons (Fsp3) is 0.400. The van der Waals surface area contributed by atoms with Crippen molar-refractivity contribution in [3.8, 4) is 0 Å². The van der Waals surface area contributed by atoms with Crippen molar-refractivity contribution in [1.82, 2.24) is 10.6 Å². The maximum absolute atomic E-state index is 12.5. The highest BCUT2D eigenvalue weighted by atomic mass is 16.2. The summed E-state index contributed by atoms with van der Waals surface area (Å²) in [6.07, 6.45) is 1.75. The lowest BCUT2D eigenvalue weighted by atomic mass is 9.98. The number of nitrogens with one attached hydrogen (secondary N) is 2. The Labute approximate surface area is 143 Å². The fourth-order valence-electron chi connectivity index (χ4n) is 2.50. The van der Waals surface area contributed by atoms with Crippen LogP contribution in [0, 0.1) is 0 Å². The molecule has 2 rings (SSSR count). The van der Waals surface area contributed by atoms with Crippen molar-refractivity contribution in [1.29, 1.82) is 0 Å². The van der Waals surface area contributed by atoms with Crippen LogP contribution in [0.5, 0.6) is 0 Å². The topological polar surface area (TPSA) is 58.2 Å². The van der Waals surface area contributed by atoms with Crippen molar-refractivity contribution in [3.05, 3.63) is 47.5 Å². The SMILES string of the molecule is CCC(C)NC(=O)c1ccc(C(=O)NC(C)CC)c2ccccc12. The van der Waals surface area contributed by atoms with Crippen LogP contribution in [0.2, 0.25) is 0 Å². The van der Waals surface area contributed by atoms with Crippen molar-refractivity contribution in [2.45, 2.75) is 52.6 Å². The molecule has 0 saturated heterocycles. The van der Waals surface area contributed by atoms with Gasteiger partial charge in [0, 0.05) is 23.2 Å². The summed E-state index contributed by atoms with van der Waals surface area (Å²) < 4.78 is 0. The average Bonchev–Trinajstić information content (AvgIpc) is 2.60. The number of carbonyl (C=O) groups excluding carboxylic acids is 2. The molecule has 2 atom stereocenters. The molecule has 0 spiro atoms. The zero-order valence-corrected chi connectivity index (χ0v) is 14.8. The normalized spacial score (nSPS) is 13.3. The highest BCUT2D eigenvalue weighted by molar-refractivity contribution is 6.14. The molecule has 2 aromatic rings. The van der Waals surface area contributed by atoms with Gasteiger partial charge < -0.3 is 10.6 Å². The minimum atomic E-state index is -0.102. The summed E-state index contributed by atoms with van der Waals surface area (Å²) in [4.78, 5) is 25.0. The monoisotopic (exact) mass is 326 g/mol. The summed E-state index contributed by atoms with van der Waals surface area (Å²) >= 11 is 0. The quantitative estimate of drug-likeness (QED) is 0.846. The first-order chi connectivity index (χ1) is 11.5. The van der Waals surface area contributed by atoms with Crippen LogP contribution >= 0.6 is 0 Å². The smallest absolute Gasteiger partial charge is 0.252 e. The third kappa shape index (κ3) is 3.94. The number of hydrogen-bond acceptors (Lipinski definition) is 2. The number of hydrogen-bond donors (Lipinski definition) is 2. The van der Waals surface area contributed by atoms with E-state index in [9.17, 15) is 9.59 Å². The van der Waals surface area contributed by atoms with E-state index in [0.29, 0.717) is 11.1 Å². The van der Waals surface area contributed by atoms with Gasteiger partial charge in [0.2, 0.25) is 0 Å². The lowest BCUT2D eigenvalue weighted by Gasteiger charge is -2.16. The Balaban J connectivity index is 2.43. The largest absolute Gasteiger partial charge is 0.350 e. The number of benzene rings is 2. The van der Waals surface area contributed by atoms with Gasteiger partial charge in [0.1, 0.15) is 0 Å². The molecular formula is C20H26N2O2. The zero-order valence-electron chi connectivity index (χ0n) is 14.8. The molecule has 0 bridgehead atoms. The summed E-state index contributed by atoms with van der Waals surface area (Å²) in [5.74, 6) is -0.205. The van der Waals surface area contributed by atoms with E-state index in [1.165, 1.54) is 0 Å². The summed E-state index contributed by atoms with van der Waals surface area (Å²) in [6.45, 7) is 8.03. The third-order valence-corrected chi connectivity index (χ3v) is 4.39. The van der Waals surface area contributed by atoms with Gasteiger partial charge in [-0.15, -0.1) is 0 Å². The molecular weight excluding hydrogens is 300 g/mol. The lowest BCUT2D eigenvalue weighted by Crippen LogP contribution is -2.33. The van der Waals surface area contributed by atoms with Gasteiger partial charge in [-0.05, 0) is 49.6 Å². The molecule has 0 saturated carbocycles. The van der Waals surface area contributed by atoms with Crippen LogP contribution in [0.4, 0.5) is 0 Å². The summed E-state index contributed by atoms with van der Waals surface area (Å²) in [5.41, 5.74) is 1.21. The minimum absolute atomic E-state index is 0.102. The molecule has 128 valence electrons. The van der Waals surface area contributed by atoms with E-state index in [1.807, 2.05) is 52.0 Å². The first-order valence-corrected chi connectivity index (χ1v) is 8.61. The van der Waals surface area contributed by atoms with Gasteiger partial charge in [0.15, 0.2) is 0 Å². The molecule has 0 aliphatic rings. The maximum atomic E-state index is 12.5. The molecule has 4 heteroatoms. The van der Waals surface area contributed by atoms with Crippen LogP contribution in [0.3, 0.4) is 0 Å². The van der Waals surface area contributed by atoms with Crippen molar-refractivity contribution in [3.63, 3.8) is 0 Å². The molecule has 0 aliphatic heterocycles. The summed E-state index contributed by atoms with van der Waals surface area (Å²) in [6, 6.07) is 11.3. The molecule has 0 fully saturated rings. The number of fused-ring (bicyclic) bond motifs is 1. The number of amides is 2. The van der Waals surface area contributed by atoms with E-state index in [0.717, 1.165) is 23.6 Å². The maximum Gasteiger partial charge on any atom is 0.252 e. The van der Waals surface area contributed by atoms with Crippen LogP contribution in [0.15, 0.2) is 36.4 Å². The van der Waals surface area contributed by atoms with Gasteiger partial charge in [-0.1, -0.05) is 38.1 Å². The van der Waals surface area contributed by atoms with Crippen LogP contribution in [-0.4, -0.2) is 23.9 Å². The Morgan fingerprint density at radius 3 is 1.50 bits per heavy atom. The Hall–Kier alpha value is -2.36. The highest BCUT2D eigenvalue weighted by Crippen LogP contribution is 2.23. The van der Waals surface area contributed by atoms with Gasteiger partial charge in [0.05, 0.1) is 0 Å². The Morgan fingerprint density at radius 1 is 0.792 bits per heavy atom. The van der Waals surface area contributed by atoms with Crippen LogP contribution < -0.4 is 10.6 Å². The Morgan fingerprint density at radius 2 is 1.17 bits per heavy atom. The molecule has 2 aromatic carbocycles. The molecule has 2 N–H and O–H groups in total. The lowest BCUT2D eigenvalue weighted by molar-refractivity contribution is 0.0929. The van der Waals surface area contributed by atoms with Gasteiger partial charge in [0.25, 0.3) is 11.8 Å². The Kier molecular flexibility index (Phi) is 5.96. The minimum Gasteiger partial charge on any atom is -0.350 e. The molecule has 0 aromatic heterocycles.